The van der Waals surface area contributed by atoms with E-state index in [0.717, 1.165) is 25.7 Å². The minimum atomic E-state index is -4.58. The molecular weight excluding hydrogens is 520 g/mol. The average molecular weight is 585 g/mol. The van der Waals surface area contributed by atoms with E-state index in [-0.39, 0.29) is 63.9 Å². The maximum atomic E-state index is 10.9. The smallest absolute Gasteiger partial charge is 0.726 e. The maximum Gasteiger partial charge on any atom is 1.00 e. The van der Waals surface area contributed by atoms with E-state index in [4.69, 9.17) is 0 Å². The molecule has 0 aromatic rings. The SMILES string of the molecule is CCCCCCCCCCCCCCCCCC(CCCCCCCCCCCCC)COS(=O)(=O)[O-].[K+]. The Labute approximate surface area is 282 Å². The molecular formula is C32H65KO4S. The van der Waals surface area contributed by atoms with Crippen LogP contribution >= 0.6 is 0 Å². The van der Waals surface area contributed by atoms with Crippen LogP contribution in [-0.2, 0) is 14.6 Å². The molecule has 0 aliphatic carbocycles. The fraction of sp³-hybridized carbons (Fsp3) is 1.00. The molecule has 0 aromatic carbocycles. The Bertz CT molecular complexity index is 542. The van der Waals surface area contributed by atoms with E-state index in [9.17, 15) is 13.0 Å². The van der Waals surface area contributed by atoms with E-state index in [1.165, 1.54) is 154 Å². The van der Waals surface area contributed by atoms with E-state index in [1.807, 2.05) is 0 Å². The first-order chi connectivity index (χ1) is 18.0. The van der Waals surface area contributed by atoms with Crippen molar-refractivity contribution in [1.82, 2.24) is 0 Å². The van der Waals surface area contributed by atoms with Crippen LogP contribution in [-0.4, -0.2) is 19.6 Å². The van der Waals surface area contributed by atoms with Crippen LogP contribution in [0.1, 0.15) is 194 Å². The van der Waals surface area contributed by atoms with Crippen LogP contribution in [0.5, 0.6) is 0 Å². The van der Waals surface area contributed by atoms with Crippen molar-refractivity contribution in [3.05, 3.63) is 0 Å². The van der Waals surface area contributed by atoms with Crippen molar-refractivity contribution in [2.75, 3.05) is 6.61 Å². The van der Waals surface area contributed by atoms with Gasteiger partial charge in [-0.05, 0) is 18.8 Å². The summed E-state index contributed by atoms with van der Waals surface area (Å²) in [6.07, 6.45) is 36.6. The van der Waals surface area contributed by atoms with Crippen molar-refractivity contribution in [3.8, 4) is 0 Å². The Morgan fingerprint density at radius 3 is 0.947 bits per heavy atom. The molecule has 6 heteroatoms. The first-order valence-corrected chi connectivity index (χ1v) is 17.9. The zero-order valence-electron chi connectivity index (χ0n) is 26.1. The quantitative estimate of drug-likeness (QED) is 0.0358. The first kappa shape index (κ1) is 41.6. The van der Waals surface area contributed by atoms with Crippen molar-refractivity contribution < 1.29 is 68.5 Å². The summed E-state index contributed by atoms with van der Waals surface area (Å²) in [7, 11) is -4.58. The predicted molar refractivity (Wildman–Crippen MR) is 160 cm³/mol. The Hall–Kier alpha value is 1.51. The van der Waals surface area contributed by atoms with Gasteiger partial charge in [0.1, 0.15) is 0 Å². The van der Waals surface area contributed by atoms with Crippen LogP contribution < -0.4 is 51.4 Å². The molecule has 0 aromatic heterocycles. The van der Waals surface area contributed by atoms with Crippen molar-refractivity contribution in [1.29, 1.82) is 0 Å². The summed E-state index contributed by atoms with van der Waals surface area (Å²) >= 11 is 0. The van der Waals surface area contributed by atoms with Crippen LogP contribution in [0.3, 0.4) is 0 Å². The zero-order chi connectivity index (χ0) is 27.3. The topological polar surface area (TPSA) is 66.4 Å². The molecule has 0 N–H and O–H groups in total. The standard InChI is InChI=1S/C32H66O4S.K/c1-3-5-7-9-11-13-15-16-17-18-20-22-24-26-28-30-32(31-36-37(33,34)35)29-27-25-23-21-19-14-12-10-8-6-4-2;/h32H,3-31H2,1-2H3,(H,33,34,35);/q;+1/p-1. The molecule has 224 valence electrons. The van der Waals surface area contributed by atoms with Crippen molar-refractivity contribution >= 4 is 10.4 Å². The van der Waals surface area contributed by atoms with Crippen LogP contribution in [0.2, 0.25) is 0 Å². The molecule has 0 saturated heterocycles. The number of hydrogen-bond donors (Lipinski definition) is 0. The summed E-state index contributed by atoms with van der Waals surface area (Å²) in [5, 5.41) is 0. The van der Waals surface area contributed by atoms with Gasteiger partial charge in [-0.2, -0.15) is 0 Å². The minimum Gasteiger partial charge on any atom is -0.726 e. The fourth-order valence-electron chi connectivity index (χ4n) is 5.39. The van der Waals surface area contributed by atoms with Crippen LogP contribution in [0.4, 0.5) is 0 Å². The van der Waals surface area contributed by atoms with Crippen molar-refractivity contribution in [3.63, 3.8) is 0 Å². The molecule has 0 saturated carbocycles. The van der Waals surface area contributed by atoms with Crippen LogP contribution in [0, 0.1) is 5.92 Å². The summed E-state index contributed by atoms with van der Waals surface area (Å²) in [5.74, 6) is 0.198. The Kier molecular flexibility index (Phi) is 36.2. The Morgan fingerprint density at radius 1 is 0.474 bits per heavy atom. The summed E-state index contributed by atoms with van der Waals surface area (Å²) in [6.45, 7) is 4.61. The zero-order valence-corrected chi connectivity index (χ0v) is 30.1. The molecule has 0 fully saturated rings. The van der Waals surface area contributed by atoms with E-state index in [0.29, 0.717) is 0 Å². The van der Waals surface area contributed by atoms with E-state index >= 15 is 0 Å². The van der Waals surface area contributed by atoms with Gasteiger partial charge in [0.2, 0.25) is 10.4 Å². The number of hydrogen-bond acceptors (Lipinski definition) is 4. The molecule has 0 radical (unpaired) electrons. The van der Waals surface area contributed by atoms with Gasteiger partial charge in [-0.3, -0.25) is 4.18 Å². The fourth-order valence-corrected chi connectivity index (χ4v) is 5.75. The third-order valence-corrected chi connectivity index (χ3v) is 8.30. The molecule has 1 unspecified atom stereocenters. The third-order valence-electron chi connectivity index (χ3n) is 7.88. The second kappa shape index (κ2) is 33.0. The molecule has 0 aliphatic heterocycles. The minimum absolute atomic E-state index is 0. The van der Waals surface area contributed by atoms with Gasteiger partial charge >= 0.3 is 51.4 Å². The summed E-state index contributed by atoms with van der Waals surface area (Å²) in [5.41, 5.74) is 0. The largest absolute Gasteiger partial charge is 1.00 e. The van der Waals surface area contributed by atoms with Gasteiger partial charge in [0.25, 0.3) is 0 Å². The number of unbranched alkanes of at least 4 members (excludes halogenated alkanes) is 24. The predicted octanol–water partition coefficient (Wildman–Crippen LogP) is 8.05. The van der Waals surface area contributed by atoms with E-state index in [2.05, 4.69) is 18.0 Å². The summed E-state index contributed by atoms with van der Waals surface area (Å²) in [4.78, 5) is 0. The Morgan fingerprint density at radius 2 is 0.711 bits per heavy atom. The van der Waals surface area contributed by atoms with Crippen molar-refractivity contribution in [2.45, 2.75) is 194 Å². The van der Waals surface area contributed by atoms with E-state index < -0.39 is 10.4 Å². The molecule has 0 heterocycles. The number of rotatable bonds is 31. The van der Waals surface area contributed by atoms with Gasteiger partial charge < -0.3 is 4.55 Å². The van der Waals surface area contributed by atoms with Crippen molar-refractivity contribution in [2.24, 2.45) is 5.92 Å². The average Bonchev–Trinajstić information content (AvgIpc) is 2.87. The molecule has 4 nitrogen and oxygen atoms in total. The molecule has 1 atom stereocenters. The monoisotopic (exact) mass is 584 g/mol. The second-order valence-electron chi connectivity index (χ2n) is 11.6. The normalized spacial score (nSPS) is 12.5. The first-order valence-electron chi connectivity index (χ1n) is 16.6. The molecule has 0 rings (SSSR count). The summed E-state index contributed by atoms with van der Waals surface area (Å²) in [6, 6.07) is 0. The molecule has 38 heavy (non-hydrogen) atoms. The van der Waals surface area contributed by atoms with Crippen LogP contribution in [0.25, 0.3) is 0 Å². The maximum absolute atomic E-state index is 10.9. The molecule has 0 amide bonds. The molecule has 0 spiro atoms. The van der Waals surface area contributed by atoms with Gasteiger partial charge in [0, 0.05) is 0 Å². The van der Waals surface area contributed by atoms with Gasteiger partial charge in [0.05, 0.1) is 6.61 Å². The second-order valence-corrected chi connectivity index (χ2v) is 12.7. The Balaban J connectivity index is 0. The van der Waals surface area contributed by atoms with Gasteiger partial charge in [-0.25, -0.2) is 8.42 Å². The summed E-state index contributed by atoms with van der Waals surface area (Å²) < 4.78 is 37.4. The van der Waals surface area contributed by atoms with Crippen LogP contribution in [0.15, 0.2) is 0 Å². The van der Waals surface area contributed by atoms with E-state index in [1.54, 1.807) is 0 Å². The third kappa shape index (κ3) is 35.5. The van der Waals surface area contributed by atoms with Gasteiger partial charge in [0.15, 0.2) is 0 Å². The molecule has 0 aliphatic rings. The van der Waals surface area contributed by atoms with Gasteiger partial charge in [-0.15, -0.1) is 0 Å². The van der Waals surface area contributed by atoms with Gasteiger partial charge in [-0.1, -0.05) is 181 Å². The molecule has 0 bridgehead atoms.